The fraction of sp³-hybridized carbons (Fsp3) is 0.214. The van der Waals surface area contributed by atoms with Crippen LogP contribution in [0.3, 0.4) is 0 Å². The normalized spacial score (nSPS) is 11.1. The summed E-state index contributed by atoms with van der Waals surface area (Å²) in [5.41, 5.74) is 5.22. The van der Waals surface area contributed by atoms with Gasteiger partial charge in [-0.2, -0.15) is 0 Å². The van der Waals surface area contributed by atoms with Gasteiger partial charge >= 0.3 is 0 Å². The van der Waals surface area contributed by atoms with E-state index in [2.05, 4.69) is 49.9 Å². The molecule has 188 valence electrons. The first-order chi connectivity index (χ1) is 18.2. The van der Waals surface area contributed by atoms with Crippen LogP contribution in [0.4, 0.5) is 0 Å². The topological polar surface area (TPSA) is 118 Å². The van der Waals surface area contributed by atoms with Gasteiger partial charge in [-0.1, -0.05) is 36.4 Å². The summed E-state index contributed by atoms with van der Waals surface area (Å²) in [6.45, 7) is 1.67. The summed E-state index contributed by atoms with van der Waals surface area (Å²) in [7, 11) is 1.57. The van der Waals surface area contributed by atoms with Gasteiger partial charge in [0.25, 0.3) is 5.91 Å². The molecule has 0 unspecified atom stereocenters. The minimum atomic E-state index is -0.323. The summed E-state index contributed by atoms with van der Waals surface area (Å²) in [4.78, 5) is 29.1. The van der Waals surface area contributed by atoms with E-state index >= 15 is 0 Å². The van der Waals surface area contributed by atoms with Crippen LogP contribution in [-0.2, 0) is 19.4 Å². The minimum absolute atomic E-state index is 0.238. The van der Waals surface area contributed by atoms with Crippen molar-refractivity contribution in [3.63, 3.8) is 0 Å². The number of carbonyl (C=O) groups is 1. The molecule has 0 saturated carbocycles. The molecule has 2 aromatic carbocycles. The highest BCUT2D eigenvalue weighted by atomic mass is 16.5. The summed E-state index contributed by atoms with van der Waals surface area (Å²) >= 11 is 0. The molecule has 9 nitrogen and oxygen atoms in total. The Balaban J connectivity index is 1.06. The number of H-pyrrole nitrogens is 1. The maximum absolute atomic E-state index is 12.4. The van der Waals surface area contributed by atoms with Gasteiger partial charge in [-0.05, 0) is 35.4 Å². The third-order valence-corrected chi connectivity index (χ3v) is 5.96. The number of carbonyl (C=O) groups excluding carboxylic acids is 1. The van der Waals surface area contributed by atoms with E-state index in [0.29, 0.717) is 30.3 Å². The number of ether oxygens (including phenoxy) is 1. The molecule has 0 atom stereocenters. The van der Waals surface area contributed by atoms with Crippen molar-refractivity contribution in [1.82, 2.24) is 30.6 Å². The van der Waals surface area contributed by atoms with E-state index < -0.39 is 0 Å². The standard InChI is InChI=1S/C28H28N6O3/c1-36-25-8-5-13-30-23(25)17-31-28(35)24-18-37-27(34-24)12-15-29-14-11-26-32-21-10-9-20(16-22(21)33-26)19-6-3-2-4-7-19/h2-10,13,16,18,29H,11-12,14-15,17H2,1H3,(H,31,35)(H,32,33). The van der Waals surface area contributed by atoms with Crippen molar-refractivity contribution in [2.24, 2.45) is 0 Å². The lowest BCUT2D eigenvalue weighted by molar-refractivity contribution is 0.0945. The van der Waals surface area contributed by atoms with Gasteiger partial charge < -0.3 is 24.8 Å². The number of aromatic amines is 1. The Morgan fingerprint density at radius 2 is 1.86 bits per heavy atom. The van der Waals surface area contributed by atoms with Gasteiger partial charge in [-0.15, -0.1) is 0 Å². The number of imidazole rings is 1. The van der Waals surface area contributed by atoms with Crippen LogP contribution in [0.15, 0.2) is 77.5 Å². The van der Waals surface area contributed by atoms with E-state index in [1.54, 1.807) is 25.4 Å². The van der Waals surface area contributed by atoms with Crippen molar-refractivity contribution in [2.75, 3.05) is 20.2 Å². The molecule has 0 aliphatic carbocycles. The van der Waals surface area contributed by atoms with E-state index in [1.807, 2.05) is 24.3 Å². The molecule has 3 aromatic heterocycles. The number of nitrogens with zero attached hydrogens (tertiary/aromatic N) is 3. The number of rotatable bonds is 11. The van der Waals surface area contributed by atoms with Gasteiger partial charge in [0.05, 0.1) is 24.7 Å². The first-order valence-electron chi connectivity index (χ1n) is 12.1. The molecule has 0 radical (unpaired) electrons. The average molecular weight is 497 g/mol. The summed E-state index contributed by atoms with van der Waals surface area (Å²) in [5, 5.41) is 6.17. The Hall–Kier alpha value is -4.50. The third kappa shape index (κ3) is 6.02. The van der Waals surface area contributed by atoms with E-state index in [-0.39, 0.29) is 18.1 Å². The number of hydrogen-bond acceptors (Lipinski definition) is 7. The number of pyridine rings is 1. The lowest BCUT2D eigenvalue weighted by Gasteiger charge is -2.07. The molecular weight excluding hydrogens is 468 g/mol. The predicted octanol–water partition coefficient (Wildman–Crippen LogP) is 3.93. The first-order valence-corrected chi connectivity index (χ1v) is 12.1. The number of aromatic nitrogens is 4. The molecule has 9 heteroatoms. The van der Waals surface area contributed by atoms with Gasteiger partial charge in [0.2, 0.25) is 0 Å². The van der Waals surface area contributed by atoms with Gasteiger partial charge in [0.15, 0.2) is 11.6 Å². The van der Waals surface area contributed by atoms with Crippen molar-refractivity contribution in [3.8, 4) is 16.9 Å². The number of benzene rings is 2. The molecule has 5 aromatic rings. The highest BCUT2D eigenvalue weighted by Crippen LogP contribution is 2.23. The minimum Gasteiger partial charge on any atom is -0.495 e. The molecule has 0 bridgehead atoms. The van der Waals surface area contributed by atoms with Crippen molar-refractivity contribution < 1.29 is 13.9 Å². The fourth-order valence-electron chi connectivity index (χ4n) is 4.04. The molecule has 3 N–H and O–H groups in total. The number of nitrogens with one attached hydrogen (secondary N) is 3. The summed E-state index contributed by atoms with van der Waals surface area (Å²) in [6, 6.07) is 20.2. The summed E-state index contributed by atoms with van der Waals surface area (Å²) in [6.07, 6.45) is 4.37. The van der Waals surface area contributed by atoms with Crippen molar-refractivity contribution in [3.05, 3.63) is 96.2 Å². The van der Waals surface area contributed by atoms with Gasteiger partial charge in [-0.3, -0.25) is 9.78 Å². The number of hydrogen-bond donors (Lipinski definition) is 3. The molecule has 0 spiro atoms. The van der Waals surface area contributed by atoms with E-state index in [0.717, 1.165) is 35.4 Å². The molecule has 1 amide bonds. The van der Waals surface area contributed by atoms with Crippen LogP contribution in [0.5, 0.6) is 5.75 Å². The van der Waals surface area contributed by atoms with Gasteiger partial charge in [0, 0.05) is 32.1 Å². The van der Waals surface area contributed by atoms with Crippen molar-refractivity contribution in [2.45, 2.75) is 19.4 Å². The predicted molar refractivity (Wildman–Crippen MR) is 140 cm³/mol. The Morgan fingerprint density at radius 3 is 2.73 bits per heavy atom. The molecule has 0 fully saturated rings. The average Bonchev–Trinajstić information content (AvgIpc) is 3.58. The first kappa shape index (κ1) is 24.2. The van der Waals surface area contributed by atoms with E-state index in [1.165, 1.54) is 11.8 Å². The van der Waals surface area contributed by atoms with Crippen LogP contribution in [0.1, 0.15) is 27.9 Å². The van der Waals surface area contributed by atoms with Crippen LogP contribution in [0, 0.1) is 0 Å². The van der Waals surface area contributed by atoms with E-state index in [4.69, 9.17) is 14.1 Å². The molecular formula is C28H28N6O3. The molecule has 0 saturated heterocycles. The summed E-state index contributed by atoms with van der Waals surface area (Å²) in [5.74, 6) is 1.74. The monoisotopic (exact) mass is 496 g/mol. The molecule has 0 aliphatic heterocycles. The number of fused-ring (bicyclic) bond motifs is 1. The highest BCUT2D eigenvalue weighted by Gasteiger charge is 2.13. The fourth-order valence-corrected chi connectivity index (χ4v) is 4.04. The zero-order chi connectivity index (χ0) is 25.5. The van der Waals surface area contributed by atoms with Crippen LogP contribution < -0.4 is 15.4 Å². The third-order valence-electron chi connectivity index (χ3n) is 5.96. The second kappa shape index (κ2) is 11.5. The number of amides is 1. The maximum atomic E-state index is 12.4. The number of methoxy groups -OCH3 is 1. The van der Waals surface area contributed by atoms with Crippen LogP contribution >= 0.6 is 0 Å². The smallest absolute Gasteiger partial charge is 0.273 e. The largest absolute Gasteiger partial charge is 0.495 e. The van der Waals surface area contributed by atoms with Crippen molar-refractivity contribution >= 4 is 16.9 Å². The van der Waals surface area contributed by atoms with Crippen molar-refractivity contribution in [1.29, 1.82) is 0 Å². The molecule has 3 heterocycles. The molecule has 37 heavy (non-hydrogen) atoms. The number of oxazole rings is 1. The SMILES string of the molecule is COc1cccnc1CNC(=O)c1coc(CCNCCc2nc3ccc(-c4ccccc4)cc3[nH]2)n1. The van der Waals surface area contributed by atoms with E-state index in [9.17, 15) is 4.79 Å². The zero-order valence-corrected chi connectivity index (χ0v) is 20.5. The molecule has 5 rings (SSSR count). The van der Waals surface area contributed by atoms with Crippen LogP contribution in [0.2, 0.25) is 0 Å². The Morgan fingerprint density at radius 1 is 1.00 bits per heavy atom. The highest BCUT2D eigenvalue weighted by molar-refractivity contribution is 5.91. The Bertz CT molecular complexity index is 1480. The maximum Gasteiger partial charge on any atom is 0.273 e. The summed E-state index contributed by atoms with van der Waals surface area (Å²) < 4.78 is 10.7. The van der Waals surface area contributed by atoms with Crippen LogP contribution in [-0.4, -0.2) is 46.0 Å². The second-order valence-electron chi connectivity index (χ2n) is 8.49. The Kier molecular flexibility index (Phi) is 7.52. The Labute approximate surface area is 214 Å². The second-order valence-corrected chi connectivity index (χ2v) is 8.49. The van der Waals surface area contributed by atoms with Gasteiger partial charge in [0.1, 0.15) is 23.5 Å². The zero-order valence-electron chi connectivity index (χ0n) is 20.5. The quantitative estimate of drug-likeness (QED) is 0.237. The lowest BCUT2D eigenvalue weighted by Crippen LogP contribution is -2.24. The van der Waals surface area contributed by atoms with Crippen LogP contribution in [0.25, 0.3) is 22.2 Å². The van der Waals surface area contributed by atoms with Gasteiger partial charge in [-0.25, -0.2) is 9.97 Å². The lowest BCUT2D eigenvalue weighted by atomic mass is 10.1. The molecule has 0 aliphatic rings.